The van der Waals surface area contributed by atoms with Crippen LogP contribution in [0.15, 0.2) is 36.7 Å². The standard InChI is InChI=1S/C17H12N3/c1-2-10-4-5-11-8-19-9-14-15-12(6-7-18-14)13(3-1)16(10)20(11)17(15)19/h1-3,6-8H,4-5,9H2/q+1. The number of nitrogens with zero attached hydrogens (tertiary/aromatic N) is 3. The predicted octanol–water partition coefficient (Wildman–Crippen LogP) is 2.39. The molecule has 3 aromatic heterocycles. The van der Waals surface area contributed by atoms with Crippen molar-refractivity contribution in [3.8, 4) is 0 Å². The fourth-order valence-electron chi connectivity index (χ4n) is 4.16. The topological polar surface area (TPSA) is 21.2 Å². The average molecular weight is 258 g/mol. The van der Waals surface area contributed by atoms with E-state index in [1.807, 2.05) is 6.20 Å². The molecular formula is C17H12N3+. The number of hydrogen-bond acceptors (Lipinski definition) is 1. The SMILES string of the molecule is c1cc2c3c(c1)c1ccnc4c1c1n3c(c[n+]1C4)CC2. The number of fused-ring (bicyclic) bond motifs is 1. The minimum absolute atomic E-state index is 0.918. The summed E-state index contributed by atoms with van der Waals surface area (Å²) >= 11 is 0. The Bertz CT molecular complexity index is 1070. The van der Waals surface area contributed by atoms with Gasteiger partial charge in [-0.15, -0.1) is 0 Å². The molecule has 2 aliphatic heterocycles. The minimum atomic E-state index is 0.918. The predicted molar refractivity (Wildman–Crippen MR) is 76.9 cm³/mol. The highest BCUT2D eigenvalue weighted by Crippen LogP contribution is 2.36. The molecule has 4 aromatic rings. The van der Waals surface area contributed by atoms with Crippen molar-refractivity contribution in [2.75, 3.05) is 0 Å². The van der Waals surface area contributed by atoms with Gasteiger partial charge in [0, 0.05) is 29.0 Å². The molecule has 0 unspecified atom stereocenters. The highest BCUT2D eigenvalue weighted by molar-refractivity contribution is 6.13. The lowest BCUT2D eigenvalue weighted by Gasteiger charge is -2.12. The second kappa shape index (κ2) is 2.85. The van der Waals surface area contributed by atoms with Crippen molar-refractivity contribution in [3.63, 3.8) is 0 Å². The molecule has 0 bridgehead atoms. The third-order valence-corrected chi connectivity index (χ3v) is 4.93. The molecule has 5 heterocycles. The summed E-state index contributed by atoms with van der Waals surface area (Å²) in [5.74, 6) is 0. The van der Waals surface area contributed by atoms with Crippen molar-refractivity contribution in [1.29, 1.82) is 0 Å². The zero-order valence-corrected chi connectivity index (χ0v) is 10.9. The number of para-hydroxylation sites is 1. The number of benzene rings is 1. The van der Waals surface area contributed by atoms with Crippen LogP contribution in [-0.4, -0.2) is 9.38 Å². The molecule has 0 atom stereocenters. The molecule has 2 aliphatic rings. The van der Waals surface area contributed by atoms with E-state index in [4.69, 9.17) is 0 Å². The van der Waals surface area contributed by atoms with E-state index in [2.05, 4.69) is 44.4 Å². The lowest BCUT2D eigenvalue weighted by Crippen LogP contribution is -2.29. The summed E-state index contributed by atoms with van der Waals surface area (Å²) in [6, 6.07) is 8.91. The Kier molecular flexibility index (Phi) is 1.35. The van der Waals surface area contributed by atoms with Gasteiger partial charge < -0.3 is 0 Å². The van der Waals surface area contributed by atoms with Gasteiger partial charge in [-0.1, -0.05) is 18.2 Å². The molecule has 3 heteroatoms. The largest absolute Gasteiger partial charge is 0.297 e. The molecule has 3 nitrogen and oxygen atoms in total. The van der Waals surface area contributed by atoms with Crippen LogP contribution in [0.5, 0.6) is 0 Å². The molecule has 0 aliphatic carbocycles. The molecule has 20 heavy (non-hydrogen) atoms. The second-order valence-corrected chi connectivity index (χ2v) is 5.90. The third-order valence-electron chi connectivity index (χ3n) is 4.93. The first-order chi connectivity index (χ1) is 9.92. The first-order valence-electron chi connectivity index (χ1n) is 7.17. The van der Waals surface area contributed by atoms with Gasteiger partial charge >= 0.3 is 0 Å². The van der Waals surface area contributed by atoms with Crippen LogP contribution in [0.2, 0.25) is 0 Å². The number of aromatic nitrogens is 3. The maximum atomic E-state index is 4.59. The van der Waals surface area contributed by atoms with Gasteiger partial charge in [-0.05, 0) is 12.5 Å². The molecule has 0 saturated carbocycles. The Labute approximate surface area is 115 Å². The van der Waals surface area contributed by atoms with E-state index in [0.717, 1.165) is 19.4 Å². The molecule has 0 radical (unpaired) electrons. The second-order valence-electron chi connectivity index (χ2n) is 5.90. The number of aryl methyl sites for hydroxylation is 2. The van der Waals surface area contributed by atoms with Crippen molar-refractivity contribution in [2.24, 2.45) is 0 Å². The van der Waals surface area contributed by atoms with Gasteiger partial charge in [0.05, 0.1) is 11.1 Å². The minimum Gasteiger partial charge on any atom is -0.256 e. The molecule has 0 N–H and O–H groups in total. The molecule has 1 aromatic carbocycles. The van der Waals surface area contributed by atoms with Crippen LogP contribution in [0.3, 0.4) is 0 Å². The number of rotatable bonds is 0. The van der Waals surface area contributed by atoms with Crippen molar-refractivity contribution in [1.82, 2.24) is 9.38 Å². The molecular weight excluding hydrogens is 246 g/mol. The number of imidazole rings is 1. The summed E-state index contributed by atoms with van der Waals surface area (Å²) in [6.07, 6.45) is 6.58. The highest BCUT2D eigenvalue weighted by Gasteiger charge is 2.33. The Morgan fingerprint density at radius 2 is 2.10 bits per heavy atom. The fourth-order valence-corrected chi connectivity index (χ4v) is 4.16. The quantitative estimate of drug-likeness (QED) is 0.309. The maximum Gasteiger partial charge on any atom is 0.297 e. The van der Waals surface area contributed by atoms with Gasteiger partial charge in [0.1, 0.15) is 24.0 Å². The Hall–Kier alpha value is -2.42. The Morgan fingerprint density at radius 1 is 1.10 bits per heavy atom. The van der Waals surface area contributed by atoms with Crippen LogP contribution in [0, 0.1) is 0 Å². The average Bonchev–Trinajstić information content (AvgIpc) is 3.01. The van der Waals surface area contributed by atoms with Crippen LogP contribution in [0.4, 0.5) is 0 Å². The van der Waals surface area contributed by atoms with Gasteiger partial charge in [0.2, 0.25) is 0 Å². The number of pyridine rings is 2. The van der Waals surface area contributed by atoms with E-state index < -0.39 is 0 Å². The maximum absolute atomic E-state index is 4.59. The van der Waals surface area contributed by atoms with Crippen molar-refractivity contribution in [3.05, 3.63) is 53.6 Å². The summed E-state index contributed by atoms with van der Waals surface area (Å²) < 4.78 is 4.86. The van der Waals surface area contributed by atoms with Crippen molar-refractivity contribution >= 4 is 27.3 Å². The Morgan fingerprint density at radius 3 is 3.10 bits per heavy atom. The van der Waals surface area contributed by atoms with Crippen molar-refractivity contribution in [2.45, 2.75) is 19.4 Å². The van der Waals surface area contributed by atoms with Gasteiger partial charge in [0.25, 0.3) is 5.65 Å². The van der Waals surface area contributed by atoms with Crippen molar-refractivity contribution < 1.29 is 4.57 Å². The zero-order valence-electron chi connectivity index (χ0n) is 10.9. The first kappa shape index (κ1) is 9.48. The summed E-state index contributed by atoms with van der Waals surface area (Å²) in [5.41, 5.74) is 6.89. The summed E-state index contributed by atoms with van der Waals surface area (Å²) in [5, 5.41) is 4.08. The monoisotopic (exact) mass is 258 g/mol. The molecule has 0 saturated heterocycles. The van der Waals surface area contributed by atoms with E-state index >= 15 is 0 Å². The van der Waals surface area contributed by atoms with Crippen LogP contribution in [0.25, 0.3) is 27.3 Å². The molecule has 94 valence electrons. The molecule has 0 fully saturated rings. The Balaban J connectivity index is 2.13. The van der Waals surface area contributed by atoms with E-state index in [1.54, 1.807) is 0 Å². The molecule has 0 spiro atoms. The summed E-state index contributed by atoms with van der Waals surface area (Å²) in [4.78, 5) is 4.59. The van der Waals surface area contributed by atoms with Crippen LogP contribution >= 0.6 is 0 Å². The summed E-state index contributed by atoms with van der Waals surface area (Å²) in [6.45, 7) is 0.918. The van der Waals surface area contributed by atoms with E-state index in [-0.39, 0.29) is 0 Å². The normalized spacial score (nSPS) is 15.4. The smallest absolute Gasteiger partial charge is 0.256 e. The zero-order chi connectivity index (χ0) is 12.8. The van der Waals surface area contributed by atoms with E-state index in [0.29, 0.717) is 0 Å². The van der Waals surface area contributed by atoms with Crippen LogP contribution < -0.4 is 4.57 Å². The van der Waals surface area contributed by atoms with Crippen LogP contribution in [-0.2, 0) is 19.4 Å². The number of hydrogen-bond donors (Lipinski definition) is 0. The van der Waals surface area contributed by atoms with Gasteiger partial charge in [-0.25, -0.2) is 4.57 Å². The first-order valence-corrected chi connectivity index (χ1v) is 7.17. The van der Waals surface area contributed by atoms with Gasteiger partial charge in [-0.3, -0.25) is 4.98 Å². The summed E-state index contributed by atoms with van der Waals surface area (Å²) in [7, 11) is 0. The van der Waals surface area contributed by atoms with Crippen LogP contribution in [0.1, 0.15) is 17.0 Å². The van der Waals surface area contributed by atoms with E-state index in [1.165, 1.54) is 44.3 Å². The highest BCUT2D eigenvalue weighted by atomic mass is 15.1. The van der Waals surface area contributed by atoms with E-state index in [9.17, 15) is 0 Å². The third kappa shape index (κ3) is 0.846. The van der Waals surface area contributed by atoms with Gasteiger partial charge in [-0.2, -0.15) is 4.40 Å². The molecule has 6 rings (SSSR count). The lowest BCUT2D eigenvalue weighted by atomic mass is 9.97. The molecule has 0 amide bonds. The fraction of sp³-hybridized carbons (Fsp3) is 0.176. The lowest BCUT2D eigenvalue weighted by molar-refractivity contribution is -0.657. The van der Waals surface area contributed by atoms with Gasteiger partial charge in [0.15, 0.2) is 0 Å².